The quantitative estimate of drug-likeness (QED) is 0.112. The number of benzene rings is 2. The second-order valence-electron chi connectivity index (χ2n) is 12.7. The third-order valence-corrected chi connectivity index (χ3v) is 7.82. The summed E-state index contributed by atoms with van der Waals surface area (Å²) in [6.07, 6.45) is -2.52. The lowest BCUT2D eigenvalue weighted by molar-refractivity contribution is -0.870. The molecule has 6 N–H and O–H groups in total. The number of amides is 1. The number of nitrogens with two attached hydrogens (primary N) is 1. The third kappa shape index (κ3) is 7.21. The van der Waals surface area contributed by atoms with Gasteiger partial charge in [-0.1, -0.05) is 24.3 Å². The van der Waals surface area contributed by atoms with Gasteiger partial charge in [0, 0.05) is 32.6 Å². The van der Waals surface area contributed by atoms with Gasteiger partial charge in [-0.25, -0.2) is 15.0 Å². The Morgan fingerprint density at radius 2 is 1.83 bits per heavy atom. The number of aliphatic hydroxyl groups excluding tert-OH is 3. The molecule has 0 aliphatic carbocycles. The molecule has 1 saturated heterocycles. The number of nitrogens with one attached hydrogen (secondary N) is 1. The summed E-state index contributed by atoms with van der Waals surface area (Å²) in [5.74, 6) is 0.972. The number of rotatable bonds is 12. The summed E-state index contributed by atoms with van der Waals surface area (Å²) in [7, 11) is 9.87. The van der Waals surface area contributed by atoms with E-state index in [-0.39, 0.29) is 11.7 Å². The molecule has 1 aliphatic heterocycles. The zero-order valence-corrected chi connectivity index (χ0v) is 26.8. The smallest absolute Gasteiger partial charge is 0.253 e. The number of quaternary nitrogens is 1. The number of aromatic nitrogens is 4. The topological polar surface area (TPSA) is 181 Å². The molecule has 0 spiro atoms. The molecule has 5 rings (SSSR count). The number of hydrogen-bond donors (Lipinski definition) is 5. The van der Waals surface area contributed by atoms with Crippen molar-refractivity contribution in [2.24, 2.45) is 0 Å². The molecule has 14 nitrogen and oxygen atoms in total. The first kappa shape index (κ1) is 33.0. The molecule has 0 saturated carbocycles. The van der Waals surface area contributed by atoms with E-state index in [1.165, 1.54) is 10.9 Å². The first-order chi connectivity index (χ1) is 21.9. The van der Waals surface area contributed by atoms with Crippen LogP contribution >= 0.6 is 0 Å². The minimum atomic E-state index is -1.34. The van der Waals surface area contributed by atoms with Crippen LogP contribution in [0.2, 0.25) is 0 Å². The fraction of sp³-hybridized carbons (Fsp3) is 0.438. The van der Waals surface area contributed by atoms with Gasteiger partial charge in [0.15, 0.2) is 23.2 Å². The summed E-state index contributed by atoms with van der Waals surface area (Å²) in [5, 5.41) is 34.0. The Bertz CT molecular complexity index is 1670. The Morgan fingerprint density at radius 1 is 1.09 bits per heavy atom. The van der Waals surface area contributed by atoms with Crippen LogP contribution < -0.4 is 15.8 Å². The van der Waals surface area contributed by atoms with Crippen LogP contribution in [0.4, 0.5) is 11.8 Å². The fourth-order valence-electron chi connectivity index (χ4n) is 5.34. The normalized spacial score (nSPS) is 19.8. The Morgan fingerprint density at radius 3 is 2.48 bits per heavy atom. The van der Waals surface area contributed by atoms with Crippen molar-refractivity contribution in [2.45, 2.75) is 37.5 Å². The van der Waals surface area contributed by atoms with Gasteiger partial charge in [-0.3, -0.25) is 9.36 Å². The van der Waals surface area contributed by atoms with Crippen LogP contribution in [0.25, 0.3) is 22.3 Å². The van der Waals surface area contributed by atoms with Crippen LogP contribution in [0.5, 0.6) is 5.75 Å². The van der Waals surface area contributed by atoms with Gasteiger partial charge in [-0.15, -0.1) is 0 Å². The minimum Gasteiger partial charge on any atom is -0.493 e. The molecule has 46 heavy (non-hydrogen) atoms. The number of hydrogen-bond acceptors (Lipinski definition) is 11. The Labute approximate surface area is 267 Å². The number of ether oxygens (including phenoxy) is 2. The maximum atomic E-state index is 12.9. The molecular formula is C32H43N8O6+. The van der Waals surface area contributed by atoms with E-state index >= 15 is 0 Å². The summed E-state index contributed by atoms with van der Waals surface area (Å²) >= 11 is 0. The van der Waals surface area contributed by atoms with E-state index < -0.39 is 31.1 Å². The Hall–Kier alpha value is -4.34. The van der Waals surface area contributed by atoms with Gasteiger partial charge in [-0.05, 0) is 34.9 Å². The van der Waals surface area contributed by atoms with Crippen LogP contribution in [0.1, 0.15) is 28.6 Å². The number of carbonyl (C=O) groups excluding carboxylic acids is 1. The second kappa shape index (κ2) is 13.6. The number of aliphatic hydroxyl groups is 3. The SMILES string of the molecule is CN(C)C(=O)c1cc(OCCC[N+](C)(C)C)cc(-c2ccc(CNc3nc4c(N)ncnc4n3[C@@H]3O[C@H](CO)[C@@H](O)[C@H]3O)cc2)c1. The van der Waals surface area contributed by atoms with Crippen LogP contribution in [-0.4, -0.2) is 123 Å². The van der Waals surface area contributed by atoms with Crippen molar-refractivity contribution in [1.82, 2.24) is 24.4 Å². The molecule has 14 heteroatoms. The molecule has 2 aromatic carbocycles. The molecule has 0 bridgehead atoms. The summed E-state index contributed by atoms with van der Waals surface area (Å²) in [6.45, 7) is 1.38. The van der Waals surface area contributed by atoms with Gasteiger partial charge in [0.25, 0.3) is 5.91 Å². The number of imidazole rings is 1. The first-order valence-corrected chi connectivity index (χ1v) is 15.1. The summed E-state index contributed by atoms with van der Waals surface area (Å²) in [4.78, 5) is 27.3. The lowest BCUT2D eigenvalue weighted by atomic mass is 10.0. The van der Waals surface area contributed by atoms with Crippen LogP contribution in [0.15, 0.2) is 48.8 Å². The molecule has 1 aliphatic rings. The molecule has 1 fully saturated rings. The summed E-state index contributed by atoms with van der Waals surface area (Å²) < 4.78 is 14.2. The maximum Gasteiger partial charge on any atom is 0.253 e. The van der Waals surface area contributed by atoms with Crippen molar-refractivity contribution >= 4 is 28.8 Å². The Kier molecular flexibility index (Phi) is 9.74. The third-order valence-electron chi connectivity index (χ3n) is 7.82. The van der Waals surface area contributed by atoms with Crippen LogP contribution in [-0.2, 0) is 11.3 Å². The predicted octanol–water partition coefficient (Wildman–Crippen LogP) is 1.48. The van der Waals surface area contributed by atoms with Gasteiger partial charge < -0.3 is 45.2 Å². The highest BCUT2D eigenvalue weighted by Gasteiger charge is 2.45. The molecule has 1 amide bonds. The average molecular weight is 636 g/mol. The molecule has 246 valence electrons. The zero-order chi connectivity index (χ0) is 33.2. The number of anilines is 2. The average Bonchev–Trinajstić information content (AvgIpc) is 3.54. The van der Waals surface area contributed by atoms with Crippen molar-refractivity contribution in [3.63, 3.8) is 0 Å². The molecule has 2 aromatic heterocycles. The highest BCUT2D eigenvalue weighted by molar-refractivity contribution is 5.95. The van der Waals surface area contributed by atoms with Crippen molar-refractivity contribution in [2.75, 3.05) is 66.0 Å². The number of carbonyl (C=O) groups is 1. The van der Waals surface area contributed by atoms with Gasteiger partial charge in [-0.2, -0.15) is 0 Å². The van der Waals surface area contributed by atoms with E-state index in [9.17, 15) is 20.1 Å². The summed E-state index contributed by atoms with van der Waals surface area (Å²) in [6, 6.07) is 13.4. The number of fused-ring (bicyclic) bond motifs is 1. The minimum absolute atomic E-state index is 0.110. The molecule has 0 radical (unpaired) electrons. The lowest BCUT2D eigenvalue weighted by Crippen LogP contribution is -2.35. The van der Waals surface area contributed by atoms with Gasteiger partial charge in [0.05, 0.1) is 40.9 Å². The summed E-state index contributed by atoms with van der Waals surface area (Å²) in [5.41, 5.74) is 9.90. The van der Waals surface area contributed by atoms with Crippen molar-refractivity contribution in [3.8, 4) is 16.9 Å². The molecule has 3 heterocycles. The van der Waals surface area contributed by atoms with Crippen molar-refractivity contribution < 1.29 is 34.1 Å². The highest BCUT2D eigenvalue weighted by atomic mass is 16.6. The standard InChI is InChI=1S/C32H43N8O6/c1-38(2)30(44)22-13-21(14-23(15-22)45-12-6-11-40(3,4)5)20-9-7-19(8-10-20)16-34-32-37-25-28(33)35-18-36-29(25)39(32)31-27(43)26(42)24(17-41)46-31/h7-10,13-15,18,24,26-27,31,41-43H,6,11-12,16-17H2,1-5H3,(H,34,37)(H2,33,35,36)/q+1/t24-,26-,27-,31-/m1/s1. The van der Waals surface area contributed by atoms with E-state index in [2.05, 4.69) is 41.4 Å². The van der Waals surface area contributed by atoms with E-state index in [0.29, 0.717) is 41.6 Å². The monoisotopic (exact) mass is 635 g/mol. The number of nitrogens with zero attached hydrogens (tertiary/aromatic N) is 6. The number of nitrogen functional groups attached to an aromatic ring is 1. The predicted molar refractivity (Wildman–Crippen MR) is 173 cm³/mol. The van der Waals surface area contributed by atoms with Crippen LogP contribution in [0.3, 0.4) is 0 Å². The molecular weight excluding hydrogens is 592 g/mol. The van der Waals surface area contributed by atoms with Crippen molar-refractivity contribution in [3.05, 3.63) is 59.9 Å². The fourth-order valence-corrected chi connectivity index (χ4v) is 5.34. The molecule has 4 aromatic rings. The van der Waals surface area contributed by atoms with E-state index in [1.807, 2.05) is 36.4 Å². The second-order valence-corrected chi connectivity index (χ2v) is 12.7. The Balaban J connectivity index is 1.36. The van der Waals surface area contributed by atoms with E-state index in [0.717, 1.165) is 34.1 Å². The van der Waals surface area contributed by atoms with Crippen LogP contribution in [0, 0.1) is 0 Å². The van der Waals surface area contributed by atoms with Gasteiger partial charge in [0.2, 0.25) is 5.95 Å². The zero-order valence-electron chi connectivity index (χ0n) is 26.8. The molecule has 0 unspecified atom stereocenters. The van der Waals surface area contributed by atoms with E-state index in [4.69, 9.17) is 15.2 Å². The lowest BCUT2D eigenvalue weighted by Gasteiger charge is -2.23. The first-order valence-electron chi connectivity index (χ1n) is 15.1. The van der Waals surface area contributed by atoms with E-state index in [1.54, 1.807) is 25.1 Å². The van der Waals surface area contributed by atoms with Gasteiger partial charge in [0.1, 0.15) is 30.4 Å². The highest BCUT2D eigenvalue weighted by Crippen LogP contribution is 2.35. The van der Waals surface area contributed by atoms with Gasteiger partial charge >= 0.3 is 0 Å². The maximum absolute atomic E-state index is 12.9. The largest absolute Gasteiger partial charge is 0.493 e. The molecule has 4 atom stereocenters. The van der Waals surface area contributed by atoms with Crippen molar-refractivity contribution in [1.29, 1.82) is 0 Å².